The first-order chi connectivity index (χ1) is 7.15. The molecule has 0 aliphatic rings. The Bertz CT molecular complexity index is 432. The van der Waals surface area contributed by atoms with Gasteiger partial charge in [0.1, 0.15) is 6.42 Å². The van der Waals surface area contributed by atoms with Crippen molar-refractivity contribution in [3.8, 4) is 11.8 Å². The Kier molecular flexibility index (Phi) is 3.81. The average molecular weight is 207 g/mol. The molecule has 0 bridgehead atoms. The van der Waals surface area contributed by atoms with E-state index >= 15 is 0 Å². The van der Waals surface area contributed by atoms with E-state index in [9.17, 15) is 9.18 Å². The van der Waals surface area contributed by atoms with E-state index in [1.54, 1.807) is 13.0 Å². The summed E-state index contributed by atoms with van der Waals surface area (Å²) >= 11 is 0. The largest absolute Gasteiger partial charge is 0.468 e. The summed E-state index contributed by atoms with van der Waals surface area (Å²) in [5, 5.41) is 0. The molecule has 15 heavy (non-hydrogen) atoms. The summed E-state index contributed by atoms with van der Waals surface area (Å²) in [5.74, 6) is 4.34. The lowest BCUT2D eigenvalue weighted by Gasteiger charge is -1.97. The van der Waals surface area contributed by atoms with E-state index in [1.807, 2.05) is 0 Å². The maximum Gasteiger partial charge on any atom is 0.317 e. The lowest BCUT2D eigenvalue weighted by Crippen LogP contribution is -1.97. The standard InChI is InChI=1S/C11H10FNO2/c1-8-9(6-7-13-11(8)12)4-3-5-10(14)15-2/h6-7H,5H2,1-2H3. The summed E-state index contributed by atoms with van der Waals surface area (Å²) in [6, 6.07) is 1.60. The number of nitrogens with zero attached hydrogens (tertiary/aromatic N) is 1. The number of ether oxygens (including phenoxy) is 1. The second kappa shape index (κ2) is 5.11. The van der Waals surface area contributed by atoms with Gasteiger partial charge < -0.3 is 4.74 Å². The van der Waals surface area contributed by atoms with Crippen molar-refractivity contribution in [2.24, 2.45) is 0 Å². The maximum absolute atomic E-state index is 13.0. The zero-order chi connectivity index (χ0) is 11.3. The minimum atomic E-state index is -0.542. The molecule has 0 spiro atoms. The van der Waals surface area contributed by atoms with Crippen LogP contribution in [0.3, 0.4) is 0 Å². The monoisotopic (exact) mass is 207 g/mol. The van der Waals surface area contributed by atoms with Gasteiger partial charge in [-0.25, -0.2) is 4.98 Å². The molecule has 0 radical (unpaired) electrons. The smallest absolute Gasteiger partial charge is 0.317 e. The van der Waals surface area contributed by atoms with E-state index in [0.29, 0.717) is 11.1 Å². The van der Waals surface area contributed by atoms with E-state index < -0.39 is 11.9 Å². The molecule has 1 aromatic rings. The first-order valence-corrected chi connectivity index (χ1v) is 4.32. The molecule has 0 aromatic carbocycles. The molecule has 0 saturated heterocycles. The van der Waals surface area contributed by atoms with Gasteiger partial charge in [-0.05, 0) is 13.0 Å². The van der Waals surface area contributed by atoms with Gasteiger partial charge in [0.2, 0.25) is 5.95 Å². The summed E-state index contributed by atoms with van der Waals surface area (Å²) in [6.45, 7) is 1.59. The second-order valence-electron chi connectivity index (χ2n) is 2.83. The highest BCUT2D eigenvalue weighted by Crippen LogP contribution is 2.07. The summed E-state index contributed by atoms with van der Waals surface area (Å²) in [4.78, 5) is 14.2. The van der Waals surface area contributed by atoms with Crippen LogP contribution in [-0.4, -0.2) is 18.1 Å². The molecule has 0 aliphatic heterocycles. The van der Waals surface area contributed by atoms with Crippen LogP contribution in [0, 0.1) is 24.7 Å². The number of methoxy groups -OCH3 is 1. The molecule has 1 rings (SSSR count). The van der Waals surface area contributed by atoms with Gasteiger partial charge in [0.05, 0.1) is 7.11 Å². The zero-order valence-corrected chi connectivity index (χ0v) is 8.50. The molecular weight excluding hydrogens is 197 g/mol. The Morgan fingerprint density at radius 2 is 2.40 bits per heavy atom. The van der Waals surface area contributed by atoms with Crippen molar-refractivity contribution >= 4 is 5.97 Å². The van der Waals surface area contributed by atoms with Gasteiger partial charge in [0.25, 0.3) is 0 Å². The Balaban J connectivity index is 2.80. The molecule has 0 fully saturated rings. The van der Waals surface area contributed by atoms with Crippen molar-refractivity contribution in [2.75, 3.05) is 7.11 Å². The molecule has 0 saturated carbocycles. The number of hydrogen-bond donors (Lipinski definition) is 0. The second-order valence-corrected chi connectivity index (χ2v) is 2.83. The molecular formula is C11H10FNO2. The number of aromatic nitrogens is 1. The average Bonchev–Trinajstić information content (AvgIpc) is 2.24. The minimum absolute atomic E-state index is 0.000117. The van der Waals surface area contributed by atoms with Crippen molar-refractivity contribution in [2.45, 2.75) is 13.3 Å². The highest BCUT2D eigenvalue weighted by Gasteiger charge is 2.01. The van der Waals surface area contributed by atoms with Gasteiger partial charge in [0.15, 0.2) is 0 Å². The summed E-state index contributed by atoms with van der Waals surface area (Å²) in [5.41, 5.74) is 0.918. The lowest BCUT2D eigenvalue weighted by atomic mass is 10.1. The summed E-state index contributed by atoms with van der Waals surface area (Å²) in [6.07, 6.45) is 1.34. The highest BCUT2D eigenvalue weighted by atomic mass is 19.1. The van der Waals surface area contributed by atoms with Gasteiger partial charge in [-0.1, -0.05) is 11.8 Å². The number of halogens is 1. The predicted molar refractivity (Wildman–Crippen MR) is 52.4 cm³/mol. The predicted octanol–water partition coefficient (Wildman–Crippen LogP) is 1.44. The van der Waals surface area contributed by atoms with Crippen LogP contribution in [0.2, 0.25) is 0 Å². The van der Waals surface area contributed by atoms with Crippen molar-refractivity contribution < 1.29 is 13.9 Å². The van der Waals surface area contributed by atoms with Crippen LogP contribution >= 0.6 is 0 Å². The molecule has 1 aromatic heterocycles. The van der Waals surface area contributed by atoms with Crippen LogP contribution in [-0.2, 0) is 9.53 Å². The highest BCUT2D eigenvalue weighted by molar-refractivity contribution is 5.72. The van der Waals surface area contributed by atoms with Crippen LogP contribution in [0.15, 0.2) is 12.3 Å². The van der Waals surface area contributed by atoms with Gasteiger partial charge in [-0.15, -0.1) is 0 Å². The molecule has 4 heteroatoms. The molecule has 0 atom stereocenters. The third-order valence-electron chi connectivity index (χ3n) is 1.83. The first-order valence-electron chi connectivity index (χ1n) is 4.32. The molecule has 0 amide bonds. The lowest BCUT2D eigenvalue weighted by molar-refractivity contribution is -0.139. The molecule has 78 valence electrons. The fourth-order valence-corrected chi connectivity index (χ4v) is 0.929. The third-order valence-corrected chi connectivity index (χ3v) is 1.83. The van der Waals surface area contributed by atoms with E-state index in [4.69, 9.17) is 0 Å². The minimum Gasteiger partial charge on any atom is -0.468 e. The summed E-state index contributed by atoms with van der Waals surface area (Å²) in [7, 11) is 1.29. The first kappa shape index (κ1) is 11.2. The van der Waals surface area contributed by atoms with Crippen molar-refractivity contribution in [1.29, 1.82) is 0 Å². The zero-order valence-electron chi connectivity index (χ0n) is 8.50. The van der Waals surface area contributed by atoms with Crippen LogP contribution in [0.25, 0.3) is 0 Å². The van der Waals surface area contributed by atoms with Crippen molar-refractivity contribution in [3.05, 3.63) is 29.3 Å². The Labute approximate surface area is 87.3 Å². The molecule has 0 aliphatic carbocycles. The Hall–Kier alpha value is -1.89. The fourth-order valence-electron chi connectivity index (χ4n) is 0.929. The number of carbonyl (C=O) groups excluding carboxylic acids is 1. The number of pyridine rings is 1. The normalized spacial score (nSPS) is 9.00. The Morgan fingerprint density at radius 1 is 1.67 bits per heavy atom. The van der Waals surface area contributed by atoms with E-state index in [1.165, 1.54) is 13.3 Å². The van der Waals surface area contributed by atoms with Gasteiger partial charge in [0, 0.05) is 17.3 Å². The topological polar surface area (TPSA) is 39.2 Å². The Morgan fingerprint density at radius 3 is 3.07 bits per heavy atom. The molecule has 1 heterocycles. The van der Waals surface area contributed by atoms with Gasteiger partial charge in [-0.2, -0.15) is 4.39 Å². The van der Waals surface area contributed by atoms with Crippen LogP contribution < -0.4 is 0 Å². The van der Waals surface area contributed by atoms with Gasteiger partial charge in [-0.3, -0.25) is 4.79 Å². The van der Waals surface area contributed by atoms with E-state index in [-0.39, 0.29) is 6.42 Å². The van der Waals surface area contributed by atoms with Crippen LogP contribution in [0.4, 0.5) is 4.39 Å². The van der Waals surface area contributed by atoms with E-state index in [0.717, 1.165) is 0 Å². The SMILES string of the molecule is COC(=O)CC#Cc1ccnc(F)c1C. The van der Waals surface area contributed by atoms with Crippen molar-refractivity contribution in [1.82, 2.24) is 4.98 Å². The fraction of sp³-hybridized carbons (Fsp3) is 0.273. The van der Waals surface area contributed by atoms with Crippen LogP contribution in [0.5, 0.6) is 0 Å². The molecule has 0 N–H and O–H groups in total. The summed E-state index contributed by atoms with van der Waals surface area (Å²) < 4.78 is 17.4. The van der Waals surface area contributed by atoms with Crippen molar-refractivity contribution in [3.63, 3.8) is 0 Å². The molecule has 3 nitrogen and oxygen atoms in total. The number of esters is 1. The quantitative estimate of drug-likeness (QED) is 0.397. The van der Waals surface area contributed by atoms with Crippen LogP contribution in [0.1, 0.15) is 17.5 Å². The maximum atomic E-state index is 13.0. The third kappa shape index (κ3) is 3.06. The van der Waals surface area contributed by atoms with Gasteiger partial charge >= 0.3 is 5.97 Å². The number of carbonyl (C=O) groups is 1. The number of rotatable bonds is 1. The molecule has 0 unspecified atom stereocenters. The number of hydrogen-bond acceptors (Lipinski definition) is 3. The van der Waals surface area contributed by atoms with E-state index in [2.05, 4.69) is 21.6 Å².